The number of hydrogen-bond acceptors (Lipinski definition) is 1. The zero-order valence-corrected chi connectivity index (χ0v) is 5.66. The van der Waals surface area contributed by atoms with E-state index in [4.69, 9.17) is 5.73 Å². The molecule has 0 aromatic heterocycles. The molecule has 0 amide bonds. The van der Waals surface area contributed by atoms with Gasteiger partial charge >= 0.3 is 0 Å². The van der Waals surface area contributed by atoms with Crippen LogP contribution in [0.15, 0.2) is 0 Å². The molecule has 1 fully saturated rings. The zero-order chi connectivity index (χ0) is 6.15. The predicted octanol–water partition coefficient (Wildman–Crippen LogP) is 0.228. The first kappa shape index (κ1) is 5.82. The average Bonchev–Trinajstić information content (AvgIpc) is 2.17. The Bertz CT molecular complexity index is 113. The van der Waals surface area contributed by atoms with Crippen LogP contribution in [0.2, 0.25) is 0 Å². The van der Waals surface area contributed by atoms with Crippen molar-refractivity contribution in [1.29, 1.82) is 0 Å². The lowest BCUT2D eigenvalue weighted by Crippen LogP contribution is -2.31. The van der Waals surface area contributed by atoms with Crippen molar-refractivity contribution < 1.29 is 0 Å². The third-order valence-electron chi connectivity index (χ3n) is 1.44. The summed E-state index contributed by atoms with van der Waals surface area (Å²) < 4.78 is 0. The van der Waals surface area contributed by atoms with Crippen LogP contribution in [0.1, 0.15) is 13.3 Å². The molecule has 0 spiro atoms. The summed E-state index contributed by atoms with van der Waals surface area (Å²) in [6, 6.07) is 0.576. The molecule has 0 aliphatic heterocycles. The van der Waals surface area contributed by atoms with Crippen molar-refractivity contribution in [2.45, 2.75) is 19.4 Å². The standard InChI is InChI=1S/C5H10N2S/c1-3-2-4(3)7-5(6)8/h3-4H,2H2,1H3,(H3,6,7,8)/t3-,4-/m0/s1. The van der Waals surface area contributed by atoms with E-state index < -0.39 is 0 Å². The second-order valence-electron chi connectivity index (χ2n) is 2.33. The van der Waals surface area contributed by atoms with E-state index in [1.165, 1.54) is 6.42 Å². The molecule has 46 valence electrons. The molecule has 3 heteroatoms. The lowest BCUT2D eigenvalue weighted by atomic mass is 10.5. The van der Waals surface area contributed by atoms with Crippen LogP contribution in [-0.2, 0) is 0 Å². The molecule has 0 aromatic carbocycles. The van der Waals surface area contributed by atoms with Gasteiger partial charge in [0.2, 0.25) is 0 Å². The Morgan fingerprint density at radius 3 is 2.50 bits per heavy atom. The highest BCUT2D eigenvalue weighted by Crippen LogP contribution is 2.28. The van der Waals surface area contributed by atoms with Crippen LogP contribution in [0.3, 0.4) is 0 Å². The van der Waals surface area contributed by atoms with Crippen LogP contribution in [0.25, 0.3) is 0 Å². The second kappa shape index (κ2) is 1.90. The highest BCUT2D eigenvalue weighted by atomic mass is 32.1. The molecule has 8 heavy (non-hydrogen) atoms. The lowest BCUT2D eigenvalue weighted by Gasteiger charge is -1.97. The Hall–Kier alpha value is -0.310. The molecule has 1 aliphatic rings. The molecular formula is C5H10N2S. The summed E-state index contributed by atoms with van der Waals surface area (Å²) in [6.45, 7) is 2.18. The number of rotatable bonds is 1. The highest BCUT2D eigenvalue weighted by Gasteiger charge is 2.32. The van der Waals surface area contributed by atoms with Gasteiger partial charge in [0.1, 0.15) is 0 Å². The molecule has 0 radical (unpaired) electrons. The van der Waals surface area contributed by atoms with E-state index in [9.17, 15) is 0 Å². The largest absolute Gasteiger partial charge is 0.376 e. The van der Waals surface area contributed by atoms with Crippen molar-refractivity contribution in [3.63, 3.8) is 0 Å². The summed E-state index contributed by atoms with van der Waals surface area (Å²) in [6.07, 6.45) is 1.22. The van der Waals surface area contributed by atoms with Crippen LogP contribution in [0.5, 0.6) is 0 Å². The SMILES string of the molecule is C[C@H]1C[C@@H]1NC(N)=S. The molecule has 0 bridgehead atoms. The van der Waals surface area contributed by atoms with Gasteiger partial charge < -0.3 is 11.1 Å². The summed E-state index contributed by atoms with van der Waals surface area (Å²) in [5, 5.41) is 3.41. The van der Waals surface area contributed by atoms with Crippen molar-refractivity contribution in [3.05, 3.63) is 0 Å². The van der Waals surface area contributed by atoms with Gasteiger partial charge in [0, 0.05) is 6.04 Å². The second-order valence-corrected chi connectivity index (χ2v) is 2.77. The molecule has 0 saturated heterocycles. The highest BCUT2D eigenvalue weighted by molar-refractivity contribution is 7.80. The molecule has 3 N–H and O–H groups in total. The maximum Gasteiger partial charge on any atom is 0.163 e. The topological polar surface area (TPSA) is 38.0 Å². The van der Waals surface area contributed by atoms with Crippen LogP contribution >= 0.6 is 12.2 Å². The Kier molecular flexibility index (Phi) is 1.38. The summed E-state index contributed by atoms with van der Waals surface area (Å²) in [7, 11) is 0. The van der Waals surface area contributed by atoms with Crippen molar-refractivity contribution in [2.75, 3.05) is 0 Å². The number of nitrogens with one attached hydrogen (secondary N) is 1. The Labute approximate surface area is 54.4 Å². The van der Waals surface area contributed by atoms with Crippen LogP contribution < -0.4 is 11.1 Å². The predicted molar refractivity (Wildman–Crippen MR) is 37.5 cm³/mol. The smallest absolute Gasteiger partial charge is 0.163 e. The molecule has 2 atom stereocenters. The molecule has 0 heterocycles. The van der Waals surface area contributed by atoms with E-state index in [0.717, 1.165) is 5.92 Å². The van der Waals surface area contributed by atoms with E-state index in [-0.39, 0.29) is 0 Å². The first-order valence-electron chi connectivity index (χ1n) is 2.76. The first-order valence-corrected chi connectivity index (χ1v) is 3.17. The molecule has 1 aliphatic carbocycles. The monoisotopic (exact) mass is 130 g/mol. The van der Waals surface area contributed by atoms with Crippen LogP contribution in [0, 0.1) is 5.92 Å². The molecule has 1 rings (SSSR count). The molecule has 1 saturated carbocycles. The summed E-state index contributed by atoms with van der Waals surface area (Å²) in [5.74, 6) is 0.775. The van der Waals surface area contributed by atoms with E-state index >= 15 is 0 Å². The van der Waals surface area contributed by atoms with Crippen molar-refractivity contribution in [2.24, 2.45) is 11.7 Å². The fraction of sp³-hybridized carbons (Fsp3) is 0.800. The van der Waals surface area contributed by atoms with Crippen LogP contribution in [-0.4, -0.2) is 11.2 Å². The number of hydrogen-bond donors (Lipinski definition) is 2. The van der Waals surface area contributed by atoms with Gasteiger partial charge in [-0.2, -0.15) is 0 Å². The summed E-state index contributed by atoms with van der Waals surface area (Å²) in [5.41, 5.74) is 5.22. The van der Waals surface area contributed by atoms with E-state index in [2.05, 4.69) is 24.5 Å². The normalized spacial score (nSPS) is 34.1. The molecule has 2 nitrogen and oxygen atoms in total. The fourth-order valence-electron chi connectivity index (χ4n) is 0.706. The van der Waals surface area contributed by atoms with Crippen molar-refractivity contribution in [1.82, 2.24) is 5.32 Å². The molecular weight excluding hydrogens is 120 g/mol. The van der Waals surface area contributed by atoms with Gasteiger partial charge in [-0.3, -0.25) is 0 Å². The van der Waals surface area contributed by atoms with Crippen LogP contribution in [0.4, 0.5) is 0 Å². The minimum Gasteiger partial charge on any atom is -0.376 e. The Morgan fingerprint density at radius 2 is 2.38 bits per heavy atom. The number of nitrogens with two attached hydrogens (primary N) is 1. The quantitative estimate of drug-likeness (QED) is 0.499. The first-order chi connectivity index (χ1) is 3.70. The van der Waals surface area contributed by atoms with E-state index in [1.807, 2.05) is 0 Å². The minimum absolute atomic E-state index is 0.430. The van der Waals surface area contributed by atoms with Gasteiger partial charge in [-0.05, 0) is 24.6 Å². The number of thiocarbonyl (C=S) groups is 1. The molecule has 0 aromatic rings. The molecule has 0 unspecified atom stereocenters. The van der Waals surface area contributed by atoms with Gasteiger partial charge in [0.05, 0.1) is 0 Å². The lowest BCUT2D eigenvalue weighted by molar-refractivity contribution is 0.816. The maximum absolute atomic E-state index is 5.22. The van der Waals surface area contributed by atoms with Gasteiger partial charge in [-0.15, -0.1) is 0 Å². The van der Waals surface area contributed by atoms with E-state index in [0.29, 0.717) is 11.2 Å². The Balaban J connectivity index is 2.14. The van der Waals surface area contributed by atoms with Gasteiger partial charge in [0.25, 0.3) is 0 Å². The van der Waals surface area contributed by atoms with Gasteiger partial charge in [-0.25, -0.2) is 0 Å². The van der Waals surface area contributed by atoms with Gasteiger partial charge in [0.15, 0.2) is 5.11 Å². The summed E-state index contributed by atoms with van der Waals surface area (Å²) >= 11 is 4.63. The van der Waals surface area contributed by atoms with Gasteiger partial charge in [-0.1, -0.05) is 6.92 Å². The fourth-order valence-corrected chi connectivity index (χ4v) is 0.857. The van der Waals surface area contributed by atoms with E-state index in [1.54, 1.807) is 0 Å². The third-order valence-corrected chi connectivity index (χ3v) is 1.55. The maximum atomic E-state index is 5.22. The summed E-state index contributed by atoms with van der Waals surface area (Å²) in [4.78, 5) is 0. The van der Waals surface area contributed by atoms with Crippen molar-refractivity contribution in [3.8, 4) is 0 Å². The minimum atomic E-state index is 0.430. The zero-order valence-electron chi connectivity index (χ0n) is 4.85. The third kappa shape index (κ3) is 1.33. The van der Waals surface area contributed by atoms with Crippen molar-refractivity contribution >= 4 is 17.3 Å². The Morgan fingerprint density at radius 1 is 1.88 bits per heavy atom. The average molecular weight is 130 g/mol.